The van der Waals surface area contributed by atoms with Crippen LogP contribution in [-0.2, 0) is 21.4 Å². The maximum atomic E-state index is 12.5. The van der Waals surface area contributed by atoms with Gasteiger partial charge in [0.2, 0.25) is 27.7 Å². The number of benzene rings is 2. The molecule has 2 heterocycles. The number of anilines is 1. The van der Waals surface area contributed by atoms with Gasteiger partial charge in [-0.15, -0.1) is 10.2 Å². The summed E-state index contributed by atoms with van der Waals surface area (Å²) in [5.41, 5.74) is 1.46. The number of nitrogens with zero attached hydrogens (tertiary/aromatic N) is 3. The SMILES string of the molecule is O=C1CCCN1c1ccc(S(=O)(=O)NCc2nnc(-c3ccccc3)o2)cc1. The number of hydrogen-bond donors (Lipinski definition) is 1. The zero-order valence-corrected chi connectivity index (χ0v) is 15.7. The highest BCUT2D eigenvalue weighted by Crippen LogP contribution is 2.23. The van der Waals surface area contributed by atoms with E-state index in [0.29, 0.717) is 24.5 Å². The highest BCUT2D eigenvalue weighted by molar-refractivity contribution is 7.89. The van der Waals surface area contributed by atoms with Crippen molar-refractivity contribution in [3.05, 3.63) is 60.5 Å². The van der Waals surface area contributed by atoms with Crippen molar-refractivity contribution in [1.82, 2.24) is 14.9 Å². The van der Waals surface area contributed by atoms with E-state index in [9.17, 15) is 13.2 Å². The predicted molar refractivity (Wildman–Crippen MR) is 102 cm³/mol. The van der Waals surface area contributed by atoms with E-state index in [4.69, 9.17) is 4.42 Å². The Morgan fingerprint density at radius 3 is 2.46 bits per heavy atom. The quantitative estimate of drug-likeness (QED) is 0.683. The van der Waals surface area contributed by atoms with Crippen molar-refractivity contribution in [2.75, 3.05) is 11.4 Å². The summed E-state index contributed by atoms with van der Waals surface area (Å²) in [4.78, 5) is 13.6. The number of amides is 1. The van der Waals surface area contributed by atoms with E-state index < -0.39 is 10.0 Å². The van der Waals surface area contributed by atoms with Crippen LogP contribution in [0.3, 0.4) is 0 Å². The highest BCUT2D eigenvalue weighted by Gasteiger charge is 2.22. The maximum absolute atomic E-state index is 12.5. The molecule has 8 nitrogen and oxygen atoms in total. The molecule has 0 atom stereocenters. The van der Waals surface area contributed by atoms with Crippen LogP contribution >= 0.6 is 0 Å². The molecule has 1 aliphatic rings. The Hall–Kier alpha value is -3.04. The maximum Gasteiger partial charge on any atom is 0.247 e. The van der Waals surface area contributed by atoms with Gasteiger partial charge in [0.25, 0.3) is 0 Å². The van der Waals surface area contributed by atoms with Gasteiger partial charge in [0.1, 0.15) is 0 Å². The molecule has 9 heteroatoms. The van der Waals surface area contributed by atoms with Gasteiger partial charge in [-0.25, -0.2) is 13.1 Å². The summed E-state index contributed by atoms with van der Waals surface area (Å²) < 4.78 is 33.0. The zero-order chi connectivity index (χ0) is 19.6. The largest absolute Gasteiger partial charge is 0.419 e. The minimum Gasteiger partial charge on any atom is -0.419 e. The van der Waals surface area contributed by atoms with Gasteiger partial charge >= 0.3 is 0 Å². The fourth-order valence-corrected chi connectivity index (χ4v) is 3.96. The Balaban J connectivity index is 1.43. The van der Waals surface area contributed by atoms with Gasteiger partial charge in [-0.2, -0.15) is 0 Å². The molecule has 144 valence electrons. The van der Waals surface area contributed by atoms with Crippen LogP contribution in [0, 0.1) is 0 Å². The number of rotatable bonds is 6. The summed E-state index contributed by atoms with van der Waals surface area (Å²) in [5, 5.41) is 7.81. The second-order valence-corrected chi connectivity index (χ2v) is 8.10. The summed E-state index contributed by atoms with van der Waals surface area (Å²) in [6, 6.07) is 15.5. The molecule has 1 N–H and O–H groups in total. The van der Waals surface area contributed by atoms with Gasteiger partial charge in [-0.1, -0.05) is 18.2 Å². The van der Waals surface area contributed by atoms with Crippen LogP contribution in [0.15, 0.2) is 63.9 Å². The molecule has 0 aliphatic carbocycles. The van der Waals surface area contributed by atoms with Crippen molar-refractivity contribution in [3.8, 4) is 11.5 Å². The standard InChI is InChI=1S/C19H18N4O4S/c24-18-7-4-12-23(18)15-8-10-16(11-9-15)28(25,26)20-13-17-21-22-19(27-17)14-5-2-1-3-6-14/h1-3,5-6,8-11,20H,4,7,12-13H2. The summed E-state index contributed by atoms with van der Waals surface area (Å²) in [5.74, 6) is 0.551. The Kier molecular flexibility index (Phi) is 4.93. The van der Waals surface area contributed by atoms with Crippen LogP contribution in [0.1, 0.15) is 18.7 Å². The van der Waals surface area contributed by atoms with Gasteiger partial charge in [0.05, 0.1) is 11.4 Å². The lowest BCUT2D eigenvalue weighted by Crippen LogP contribution is -2.25. The van der Waals surface area contributed by atoms with Crippen LogP contribution < -0.4 is 9.62 Å². The second-order valence-electron chi connectivity index (χ2n) is 6.33. The normalized spacial score (nSPS) is 14.6. The second kappa shape index (κ2) is 7.53. The van der Waals surface area contributed by atoms with Crippen molar-refractivity contribution in [2.45, 2.75) is 24.3 Å². The zero-order valence-electron chi connectivity index (χ0n) is 14.9. The summed E-state index contributed by atoms with van der Waals surface area (Å²) in [6.07, 6.45) is 1.34. The smallest absolute Gasteiger partial charge is 0.247 e. The first-order valence-corrected chi connectivity index (χ1v) is 10.3. The predicted octanol–water partition coefficient (Wildman–Crippen LogP) is 2.34. The summed E-state index contributed by atoms with van der Waals surface area (Å²) in [6.45, 7) is 0.540. The van der Waals surface area contributed by atoms with E-state index in [1.807, 2.05) is 30.3 Å². The molecule has 28 heavy (non-hydrogen) atoms. The highest BCUT2D eigenvalue weighted by atomic mass is 32.2. The van der Waals surface area contributed by atoms with Crippen molar-refractivity contribution in [2.24, 2.45) is 0 Å². The van der Waals surface area contributed by atoms with Crippen LogP contribution in [0.25, 0.3) is 11.5 Å². The minimum absolute atomic E-state index is 0.0550. The minimum atomic E-state index is -3.75. The van der Waals surface area contributed by atoms with E-state index in [2.05, 4.69) is 14.9 Å². The molecule has 1 amide bonds. The molecule has 1 aliphatic heterocycles. The third-order valence-electron chi connectivity index (χ3n) is 4.43. The van der Waals surface area contributed by atoms with Crippen LogP contribution in [-0.4, -0.2) is 31.1 Å². The number of nitrogens with one attached hydrogen (secondary N) is 1. The van der Waals surface area contributed by atoms with Gasteiger partial charge in [-0.05, 0) is 42.8 Å². The van der Waals surface area contributed by atoms with Crippen LogP contribution in [0.2, 0.25) is 0 Å². The molecule has 0 radical (unpaired) electrons. The molecule has 1 aromatic heterocycles. The first-order valence-electron chi connectivity index (χ1n) is 8.81. The molecule has 4 rings (SSSR count). The molecule has 0 spiro atoms. The molecule has 2 aromatic carbocycles. The number of carbonyl (C=O) groups is 1. The first kappa shape index (κ1) is 18.3. The Bertz CT molecular complexity index is 1080. The molecule has 1 fully saturated rings. The van der Waals surface area contributed by atoms with Crippen molar-refractivity contribution in [3.63, 3.8) is 0 Å². The van der Waals surface area contributed by atoms with Crippen LogP contribution in [0.4, 0.5) is 5.69 Å². The molecule has 0 unspecified atom stereocenters. The van der Waals surface area contributed by atoms with Crippen molar-refractivity contribution >= 4 is 21.6 Å². The van der Waals surface area contributed by atoms with E-state index in [1.165, 1.54) is 12.1 Å². The Morgan fingerprint density at radius 2 is 1.79 bits per heavy atom. The van der Waals surface area contributed by atoms with Gasteiger partial charge in [0.15, 0.2) is 0 Å². The van der Waals surface area contributed by atoms with E-state index >= 15 is 0 Å². The number of aromatic nitrogens is 2. The number of hydrogen-bond acceptors (Lipinski definition) is 6. The van der Waals surface area contributed by atoms with E-state index in [1.54, 1.807) is 17.0 Å². The van der Waals surface area contributed by atoms with Crippen LogP contribution in [0.5, 0.6) is 0 Å². The van der Waals surface area contributed by atoms with Crippen molar-refractivity contribution < 1.29 is 17.6 Å². The molecule has 1 saturated heterocycles. The van der Waals surface area contributed by atoms with Crippen molar-refractivity contribution in [1.29, 1.82) is 0 Å². The fraction of sp³-hybridized carbons (Fsp3) is 0.211. The first-order chi connectivity index (χ1) is 13.5. The molecule has 0 bridgehead atoms. The third-order valence-corrected chi connectivity index (χ3v) is 5.85. The summed E-state index contributed by atoms with van der Waals surface area (Å²) in [7, 11) is -3.75. The van der Waals surface area contributed by atoms with Gasteiger partial charge in [0, 0.05) is 24.2 Å². The van der Waals surface area contributed by atoms with Gasteiger partial charge < -0.3 is 9.32 Å². The monoisotopic (exact) mass is 398 g/mol. The number of carbonyl (C=O) groups excluding carboxylic acids is 1. The molecule has 0 saturated carbocycles. The topological polar surface area (TPSA) is 105 Å². The third kappa shape index (κ3) is 3.80. The average molecular weight is 398 g/mol. The van der Waals surface area contributed by atoms with E-state index in [-0.39, 0.29) is 23.2 Å². The molecular formula is C19H18N4O4S. The lowest BCUT2D eigenvalue weighted by molar-refractivity contribution is -0.117. The number of sulfonamides is 1. The molecule has 3 aromatic rings. The lowest BCUT2D eigenvalue weighted by atomic mass is 10.2. The average Bonchev–Trinajstić information content (AvgIpc) is 3.36. The Morgan fingerprint density at radius 1 is 1.04 bits per heavy atom. The fourth-order valence-electron chi connectivity index (χ4n) is 2.99. The van der Waals surface area contributed by atoms with Gasteiger partial charge in [-0.3, -0.25) is 4.79 Å². The summed E-state index contributed by atoms with van der Waals surface area (Å²) >= 11 is 0. The Labute approximate surface area is 162 Å². The molecular weight excluding hydrogens is 380 g/mol. The van der Waals surface area contributed by atoms with E-state index in [0.717, 1.165) is 12.0 Å². The lowest BCUT2D eigenvalue weighted by Gasteiger charge is -2.16.